The molecule has 1 aromatic carbocycles. The van der Waals surface area contributed by atoms with Crippen LogP contribution in [0.25, 0.3) is 11.0 Å². The first-order valence-electron chi connectivity index (χ1n) is 3.93. The molecular weight excluding hydrogens is 222 g/mol. The van der Waals surface area contributed by atoms with Gasteiger partial charge in [-0.3, -0.25) is 5.14 Å². The van der Waals surface area contributed by atoms with Crippen LogP contribution in [0.1, 0.15) is 5.69 Å². The Balaban J connectivity index is 2.40. The Labute approximate surface area is 90.0 Å². The van der Waals surface area contributed by atoms with Crippen molar-refractivity contribution in [2.45, 2.75) is 6.54 Å². The topological polar surface area (TPSA) is 64.1 Å². The van der Waals surface area contributed by atoms with Gasteiger partial charge in [0, 0.05) is 22.5 Å². The molecule has 0 aliphatic heterocycles. The van der Waals surface area contributed by atoms with Crippen LogP contribution in [-0.4, -0.2) is 5.16 Å². The predicted octanol–water partition coefficient (Wildman–Crippen LogP) is 2.09. The van der Waals surface area contributed by atoms with Crippen LogP contribution in [0.4, 0.5) is 0 Å². The first kappa shape index (κ1) is 9.79. The molecule has 0 unspecified atom stereocenters. The molecule has 0 aliphatic rings. The average Bonchev–Trinajstić information content (AvgIpc) is 2.57. The maximum Gasteiger partial charge on any atom is 0.167 e. The van der Waals surface area contributed by atoms with E-state index in [9.17, 15) is 0 Å². The maximum absolute atomic E-state index is 5.86. The molecule has 0 bridgehead atoms. The van der Waals surface area contributed by atoms with Gasteiger partial charge < -0.3 is 4.52 Å². The molecule has 4 nitrogen and oxygen atoms in total. The molecule has 0 fully saturated rings. The number of benzene rings is 1. The minimum atomic E-state index is 0.550. The standard InChI is InChI=1S/C8H8ClN3OS/c9-5-1-2-8-6(3-5)7(12-13-8)4-11-14-10/h1-3,11H,4,10H2. The first-order chi connectivity index (χ1) is 6.81. The minimum absolute atomic E-state index is 0.550. The van der Waals surface area contributed by atoms with Crippen LogP contribution < -0.4 is 9.86 Å². The van der Waals surface area contributed by atoms with Gasteiger partial charge >= 0.3 is 0 Å². The Morgan fingerprint density at radius 2 is 2.43 bits per heavy atom. The lowest BCUT2D eigenvalue weighted by molar-refractivity contribution is 0.445. The second-order valence-electron chi connectivity index (χ2n) is 2.71. The van der Waals surface area contributed by atoms with Crippen molar-refractivity contribution in [2.75, 3.05) is 0 Å². The van der Waals surface area contributed by atoms with Crippen LogP contribution in [-0.2, 0) is 6.54 Å². The van der Waals surface area contributed by atoms with E-state index in [-0.39, 0.29) is 0 Å². The Bertz CT molecular complexity index is 445. The van der Waals surface area contributed by atoms with Gasteiger partial charge in [0.25, 0.3) is 0 Å². The van der Waals surface area contributed by atoms with Gasteiger partial charge in [0.2, 0.25) is 0 Å². The zero-order chi connectivity index (χ0) is 9.97. The van der Waals surface area contributed by atoms with E-state index >= 15 is 0 Å². The molecule has 0 saturated carbocycles. The van der Waals surface area contributed by atoms with Crippen molar-refractivity contribution >= 4 is 34.7 Å². The molecule has 14 heavy (non-hydrogen) atoms. The highest BCUT2D eigenvalue weighted by atomic mass is 35.5. The van der Waals surface area contributed by atoms with Crippen molar-refractivity contribution in [3.05, 3.63) is 28.9 Å². The normalized spacial score (nSPS) is 11.0. The Kier molecular flexibility index (Phi) is 2.93. The lowest BCUT2D eigenvalue weighted by Crippen LogP contribution is -2.06. The van der Waals surface area contributed by atoms with Crippen LogP contribution in [0.2, 0.25) is 5.02 Å². The second-order valence-corrected chi connectivity index (χ2v) is 3.67. The molecule has 74 valence electrons. The fourth-order valence-electron chi connectivity index (χ4n) is 1.20. The third-order valence-corrected chi connectivity index (χ3v) is 2.38. The zero-order valence-corrected chi connectivity index (χ0v) is 8.73. The number of nitrogens with two attached hydrogens (primary N) is 1. The number of hydrogen-bond donors (Lipinski definition) is 2. The summed E-state index contributed by atoms with van der Waals surface area (Å²) >= 11 is 6.91. The third-order valence-electron chi connectivity index (χ3n) is 1.83. The number of nitrogens with one attached hydrogen (secondary N) is 1. The summed E-state index contributed by atoms with van der Waals surface area (Å²) in [6, 6.07) is 5.39. The van der Waals surface area contributed by atoms with Crippen molar-refractivity contribution in [2.24, 2.45) is 5.14 Å². The third kappa shape index (κ3) is 1.85. The molecule has 3 N–H and O–H groups in total. The van der Waals surface area contributed by atoms with Crippen molar-refractivity contribution in [1.29, 1.82) is 0 Å². The lowest BCUT2D eigenvalue weighted by Gasteiger charge is -1.95. The van der Waals surface area contributed by atoms with E-state index in [4.69, 9.17) is 21.3 Å². The molecule has 2 rings (SSSR count). The number of halogens is 1. The van der Waals surface area contributed by atoms with Gasteiger partial charge in [-0.25, -0.2) is 4.72 Å². The fourth-order valence-corrected chi connectivity index (χ4v) is 1.59. The molecule has 1 aromatic heterocycles. The summed E-state index contributed by atoms with van der Waals surface area (Å²) in [7, 11) is 0. The van der Waals surface area contributed by atoms with E-state index in [2.05, 4.69) is 9.88 Å². The van der Waals surface area contributed by atoms with Crippen molar-refractivity contribution in [1.82, 2.24) is 9.88 Å². The molecule has 6 heteroatoms. The minimum Gasteiger partial charge on any atom is -0.356 e. The Morgan fingerprint density at radius 1 is 1.57 bits per heavy atom. The van der Waals surface area contributed by atoms with Gasteiger partial charge in [-0.05, 0) is 18.2 Å². The van der Waals surface area contributed by atoms with E-state index in [1.54, 1.807) is 12.1 Å². The second kappa shape index (κ2) is 4.18. The molecular formula is C8H8ClN3OS. The monoisotopic (exact) mass is 229 g/mol. The summed E-state index contributed by atoms with van der Waals surface area (Å²) < 4.78 is 7.99. The van der Waals surface area contributed by atoms with Gasteiger partial charge in [-0.15, -0.1) is 0 Å². The molecule has 0 radical (unpaired) electrons. The summed E-state index contributed by atoms with van der Waals surface area (Å²) in [6.45, 7) is 0.550. The summed E-state index contributed by atoms with van der Waals surface area (Å²) in [4.78, 5) is 0. The summed E-state index contributed by atoms with van der Waals surface area (Å²) in [5.74, 6) is 0. The molecule has 2 aromatic rings. The van der Waals surface area contributed by atoms with Gasteiger partial charge in [0.1, 0.15) is 5.69 Å². The largest absolute Gasteiger partial charge is 0.356 e. The number of fused-ring (bicyclic) bond motifs is 1. The molecule has 0 saturated heterocycles. The number of aromatic nitrogens is 1. The Hall–Kier alpha value is -0.750. The fraction of sp³-hybridized carbons (Fsp3) is 0.125. The van der Waals surface area contributed by atoms with Crippen molar-refractivity contribution in [3.8, 4) is 0 Å². The summed E-state index contributed by atoms with van der Waals surface area (Å²) in [6.07, 6.45) is 0. The van der Waals surface area contributed by atoms with Gasteiger partial charge in [-0.1, -0.05) is 16.8 Å². The molecule has 1 heterocycles. The maximum atomic E-state index is 5.86. The summed E-state index contributed by atoms with van der Waals surface area (Å²) in [5, 5.41) is 10.7. The van der Waals surface area contributed by atoms with Gasteiger partial charge in [-0.2, -0.15) is 0 Å². The van der Waals surface area contributed by atoms with E-state index < -0.39 is 0 Å². The van der Waals surface area contributed by atoms with E-state index in [0.717, 1.165) is 28.8 Å². The molecule has 0 amide bonds. The Morgan fingerprint density at radius 3 is 3.21 bits per heavy atom. The average molecular weight is 230 g/mol. The zero-order valence-electron chi connectivity index (χ0n) is 7.16. The SMILES string of the molecule is NSNCc1noc2ccc(Cl)cc12. The van der Waals surface area contributed by atoms with Crippen LogP contribution in [0, 0.1) is 0 Å². The predicted molar refractivity (Wildman–Crippen MR) is 57.6 cm³/mol. The quantitative estimate of drug-likeness (QED) is 0.790. The van der Waals surface area contributed by atoms with Crippen LogP contribution >= 0.6 is 23.7 Å². The summed E-state index contributed by atoms with van der Waals surface area (Å²) in [5.41, 5.74) is 1.54. The number of rotatable bonds is 3. The lowest BCUT2D eigenvalue weighted by atomic mass is 10.2. The van der Waals surface area contributed by atoms with Gasteiger partial charge in [0.15, 0.2) is 5.58 Å². The van der Waals surface area contributed by atoms with Crippen LogP contribution in [0.5, 0.6) is 0 Å². The van der Waals surface area contributed by atoms with E-state index in [1.807, 2.05) is 6.07 Å². The smallest absolute Gasteiger partial charge is 0.167 e. The number of hydrogen-bond acceptors (Lipinski definition) is 5. The van der Waals surface area contributed by atoms with Crippen LogP contribution in [0.15, 0.2) is 22.7 Å². The molecule has 0 aliphatic carbocycles. The van der Waals surface area contributed by atoms with Crippen molar-refractivity contribution < 1.29 is 4.52 Å². The molecule has 0 spiro atoms. The van der Waals surface area contributed by atoms with Crippen LogP contribution in [0.3, 0.4) is 0 Å². The van der Waals surface area contributed by atoms with E-state index in [1.165, 1.54) is 0 Å². The molecule has 0 atom stereocenters. The highest BCUT2D eigenvalue weighted by Crippen LogP contribution is 2.22. The first-order valence-corrected chi connectivity index (χ1v) is 5.19. The highest BCUT2D eigenvalue weighted by Gasteiger charge is 2.07. The van der Waals surface area contributed by atoms with Gasteiger partial charge in [0.05, 0.1) is 6.54 Å². The van der Waals surface area contributed by atoms with E-state index in [0.29, 0.717) is 11.6 Å². The van der Waals surface area contributed by atoms with Crippen molar-refractivity contribution in [3.63, 3.8) is 0 Å². The highest BCUT2D eigenvalue weighted by molar-refractivity contribution is 7.95. The number of nitrogens with zero attached hydrogens (tertiary/aromatic N) is 1.